The first kappa shape index (κ1) is 21.2. The van der Waals surface area contributed by atoms with Gasteiger partial charge >= 0.3 is 5.69 Å². The van der Waals surface area contributed by atoms with E-state index in [1.165, 1.54) is 20.5 Å². The molecule has 0 aliphatic rings. The largest absolute Gasteiger partial charge is 0.495 e. The molecule has 4 rings (SSSR count). The van der Waals surface area contributed by atoms with Crippen LogP contribution in [-0.2, 0) is 7.05 Å². The molecule has 4 aromatic rings. The number of aromatic nitrogens is 4. The summed E-state index contributed by atoms with van der Waals surface area (Å²) in [7, 11) is 4.70. The zero-order valence-corrected chi connectivity index (χ0v) is 17.8. The number of rotatable bonds is 6. The van der Waals surface area contributed by atoms with Gasteiger partial charge in [0, 0.05) is 36.3 Å². The monoisotopic (exact) mass is 458 g/mol. The van der Waals surface area contributed by atoms with Gasteiger partial charge in [-0.2, -0.15) is 9.37 Å². The second kappa shape index (κ2) is 8.27. The third kappa shape index (κ3) is 3.73. The summed E-state index contributed by atoms with van der Waals surface area (Å²) in [6.45, 7) is 0. The number of nitrogens with zero attached hydrogens (tertiary/aromatic N) is 5. The Balaban J connectivity index is 1.78. The molecule has 2 aromatic carbocycles. The Morgan fingerprint density at radius 3 is 2.59 bits per heavy atom. The molecule has 0 aliphatic carbocycles. The molecule has 0 unspecified atom stereocenters. The zero-order valence-electron chi connectivity index (χ0n) is 17.1. The van der Waals surface area contributed by atoms with Gasteiger partial charge < -0.3 is 19.4 Å². The van der Waals surface area contributed by atoms with Gasteiger partial charge in [0.05, 0.1) is 35.4 Å². The summed E-state index contributed by atoms with van der Waals surface area (Å²) >= 11 is 6.24. The Labute approximate surface area is 185 Å². The molecule has 0 radical (unpaired) electrons. The van der Waals surface area contributed by atoms with Crippen LogP contribution in [0.25, 0.3) is 22.3 Å². The Morgan fingerprint density at radius 2 is 1.91 bits per heavy atom. The molecule has 0 saturated carbocycles. The molecule has 0 spiro atoms. The number of halogens is 2. The van der Waals surface area contributed by atoms with Gasteiger partial charge in [-0.3, -0.25) is 10.1 Å². The molecular weight excluding hydrogens is 443 g/mol. The number of nitrogens with one attached hydrogen (secondary N) is 1. The van der Waals surface area contributed by atoms with E-state index in [-0.39, 0.29) is 17.4 Å². The van der Waals surface area contributed by atoms with Crippen molar-refractivity contribution in [3.05, 3.63) is 57.7 Å². The fraction of sp³-hybridized carbons (Fsp3) is 0.150. The van der Waals surface area contributed by atoms with Crippen molar-refractivity contribution in [1.82, 2.24) is 19.5 Å². The number of nitro benzene ring substituents is 1. The van der Waals surface area contributed by atoms with Crippen LogP contribution in [0.4, 0.5) is 21.7 Å². The van der Waals surface area contributed by atoms with E-state index in [0.29, 0.717) is 22.2 Å². The molecule has 0 amide bonds. The Bertz CT molecular complexity index is 1360. The Hall–Kier alpha value is -3.99. The quantitative estimate of drug-likeness (QED) is 0.331. The summed E-state index contributed by atoms with van der Waals surface area (Å²) in [5, 5.41) is 15.2. The number of ether oxygens (including phenoxy) is 2. The Kier molecular flexibility index (Phi) is 5.49. The van der Waals surface area contributed by atoms with Crippen molar-refractivity contribution >= 4 is 39.8 Å². The first-order valence-electron chi connectivity index (χ1n) is 9.13. The average Bonchev–Trinajstić information content (AvgIpc) is 3.09. The zero-order chi connectivity index (χ0) is 23.0. The number of hydrogen-bond acceptors (Lipinski definition) is 8. The van der Waals surface area contributed by atoms with Gasteiger partial charge in [-0.15, -0.1) is 0 Å². The molecule has 164 valence electrons. The van der Waals surface area contributed by atoms with Crippen molar-refractivity contribution in [3.63, 3.8) is 0 Å². The number of methoxy groups -OCH3 is 2. The molecule has 0 fully saturated rings. The fourth-order valence-corrected chi connectivity index (χ4v) is 3.51. The van der Waals surface area contributed by atoms with Gasteiger partial charge in [0.2, 0.25) is 11.8 Å². The lowest BCUT2D eigenvalue weighted by atomic mass is 10.1. The van der Waals surface area contributed by atoms with Crippen LogP contribution in [0.3, 0.4) is 0 Å². The topological polar surface area (TPSA) is 117 Å². The third-order valence-electron chi connectivity index (χ3n) is 4.79. The summed E-state index contributed by atoms with van der Waals surface area (Å²) in [6.07, 6.45) is 3.13. The molecule has 0 bridgehead atoms. The SMILES string of the molecule is COc1cc2c(-c3ncnc(Nc4cc([N+](=O)[O-])c(F)cc4OC)n3)cn(C)c2cc1Cl. The molecule has 1 N–H and O–H groups in total. The molecule has 0 atom stereocenters. The van der Waals surface area contributed by atoms with Crippen LogP contribution in [0.1, 0.15) is 0 Å². The van der Waals surface area contributed by atoms with Gasteiger partial charge in [-0.1, -0.05) is 11.6 Å². The predicted molar refractivity (Wildman–Crippen MR) is 116 cm³/mol. The van der Waals surface area contributed by atoms with Crippen LogP contribution in [0.2, 0.25) is 5.02 Å². The van der Waals surface area contributed by atoms with E-state index in [9.17, 15) is 14.5 Å². The van der Waals surface area contributed by atoms with Crippen LogP contribution in [0.5, 0.6) is 11.5 Å². The highest BCUT2D eigenvalue weighted by molar-refractivity contribution is 6.33. The van der Waals surface area contributed by atoms with Gasteiger partial charge in [0.15, 0.2) is 5.82 Å². The van der Waals surface area contributed by atoms with Crippen molar-refractivity contribution in [2.45, 2.75) is 0 Å². The summed E-state index contributed by atoms with van der Waals surface area (Å²) in [5.41, 5.74) is 0.959. The minimum atomic E-state index is -1.02. The van der Waals surface area contributed by atoms with Crippen LogP contribution in [0, 0.1) is 15.9 Å². The van der Waals surface area contributed by atoms with Crippen molar-refractivity contribution in [2.75, 3.05) is 19.5 Å². The molecule has 10 nitrogen and oxygen atoms in total. The summed E-state index contributed by atoms with van der Waals surface area (Å²) in [6, 6.07) is 5.50. The van der Waals surface area contributed by atoms with Crippen LogP contribution < -0.4 is 14.8 Å². The van der Waals surface area contributed by atoms with Gasteiger partial charge in [-0.25, -0.2) is 9.97 Å². The summed E-state index contributed by atoms with van der Waals surface area (Å²) in [5.74, 6) is -0.0285. The standard InChI is InChI=1S/C20H16ClFN6O4/c1-27-8-11(10-4-17(31-2)12(21)5-15(10)27)19-23-9-24-20(26-19)25-14-7-16(28(29)30)13(22)6-18(14)32-3/h4-9H,1-3H3,(H,23,24,25,26). The predicted octanol–water partition coefficient (Wildman–Crippen LogP) is 4.49. The van der Waals surface area contributed by atoms with Crippen molar-refractivity contribution in [2.24, 2.45) is 7.05 Å². The van der Waals surface area contributed by atoms with Crippen molar-refractivity contribution < 1.29 is 18.8 Å². The van der Waals surface area contributed by atoms with Gasteiger partial charge in [0.1, 0.15) is 17.8 Å². The maximum Gasteiger partial charge on any atom is 0.307 e. The number of benzene rings is 2. The van der Waals surface area contributed by atoms with E-state index < -0.39 is 16.4 Å². The van der Waals surface area contributed by atoms with E-state index in [2.05, 4.69) is 20.3 Å². The maximum absolute atomic E-state index is 13.9. The van der Waals surface area contributed by atoms with E-state index >= 15 is 0 Å². The number of nitro groups is 1. The van der Waals surface area contributed by atoms with Crippen molar-refractivity contribution in [1.29, 1.82) is 0 Å². The number of anilines is 2. The highest BCUT2D eigenvalue weighted by Crippen LogP contribution is 2.36. The second-order valence-corrected chi connectivity index (χ2v) is 7.08. The highest BCUT2D eigenvalue weighted by Gasteiger charge is 2.20. The Morgan fingerprint density at radius 1 is 1.16 bits per heavy atom. The second-order valence-electron chi connectivity index (χ2n) is 6.68. The van der Waals surface area contributed by atoms with E-state index in [1.54, 1.807) is 12.1 Å². The normalized spacial score (nSPS) is 10.9. The first-order valence-corrected chi connectivity index (χ1v) is 9.51. The highest BCUT2D eigenvalue weighted by atomic mass is 35.5. The molecule has 2 heterocycles. The molecular formula is C20H16ClFN6O4. The van der Waals surface area contributed by atoms with Gasteiger partial charge in [-0.05, 0) is 12.1 Å². The maximum atomic E-state index is 13.9. The molecule has 2 aromatic heterocycles. The lowest BCUT2D eigenvalue weighted by Crippen LogP contribution is -2.03. The minimum Gasteiger partial charge on any atom is -0.495 e. The third-order valence-corrected chi connectivity index (χ3v) is 5.08. The lowest BCUT2D eigenvalue weighted by Gasteiger charge is -2.10. The first-order chi connectivity index (χ1) is 15.3. The van der Waals surface area contributed by atoms with Crippen LogP contribution in [0.15, 0.2) is 36.8 Å². The molecule has 12 heteroatoms. The molecule has 0 aliphatic heterocycles. The van der Waals surface area contributed by atoms with E-state index in [1.807, 2.05) is 17.8 Å². The van der Waals surface area contributed by atoms with Crippen molar-refractivity contribution in [3.8, 4) is 22.9 Å². The van der Waals surface area contributed by atoms with Crippen LogP contribution in [-0.4, -0.2) is 38.7 Å². The van der Waals surface area contributed by atoms with Gasteiger partial charge in [0.25, 0.3) is 0 Å². The average molecular weight is 459 g/mol. The lowest BCUT2D eigenvalue weighted by molar-refractivity contribution is -0.387. The number of aryl methyl sites for hydroxylation is 1. The number of fused-ring (bicyclic) bond motifs is 1. The summed E-state index contributed by atoms with van der Waals surface area (Å²) in [4.78, 5) is 23.0. The molecule has 32 heavy (non-hydrogen) atoms. The van der Waals surface area contributed by atoms with Crippen LogP contribution >= 0.6 is 11.6 Å². The molecule has 0 saturated heterocycles. The summed E-state index contributed by atoms with van der Waals surface area (Å²) < 4.78 is 26.2. The smallest absolute Gasteiger partial charge is 0.307 e. The fourth-order valence-electron chi connectivity index (χ4n) is 3.27. The number of hydrogen-bond donors (Lipinski definition) is 1. The minimum absolute atomic E-state index is 0.0552. The van der Waals surface area contributed by atoms with E-state index in [0.717, 1.165) is 23.0 Å². The van der Waals surface area contributed by atoms with E-state index in [4.69, 9.17) is 21.1 Å².